The van der Waals surface area contributed by atoms with Gasteiger partial charge in [-0.25, -0.2) is 0 Å². The predicted molar refractivity (Wildman–Crippen MR) is 84.5 cm³/mol. The number of halogens is 1. The Morgan fingerprint density at radius 1 is 1.35 bits per heavy atom. The number of thioether (sulfide) groups is 1. The Bertz CT molecular complexity index is 580. The van der Waals surface area contributed by atoms with E-state index in [0.29, 0.717) is 11.6 Å². The maximum absolute atomic E-state index is 10.4. The van der Waals surface area contributed by atoms with Crippen LogP contribution in [0.2, 0.25) is 5.15 Å². The molecule has 0 amide bonds. The van der Waals surface area contributed by atoms with Crippen molar-refractivity contribution in [2.75, 3.05) is 5.75 Å². The Balaban J connectivity index is 2.13. The van der Waals surface area contributed by atoms with Crippen LogP contribution in [-0.2, 0) is 13.5 Å². The summed E-state index contributed by atoms with van der Waals surface area (Å²) in [6, 6.07) is 8.04. The summed E-state index contributed by atoms with van der Waals surface area (Å²) in [6.07, 6.45) is -0.0743. The van der Waals surface area contributed by atoms with Crippen LogP contribution in [0, 0.1) is 6.92 Å². The van der Waals surface area contributed by atoms with Gasteiger partial charge in [0, 0.05) is 23.9 Å². The van der Waals surface area contributed by atoms with Gasteiger partial charge in [0.1, 0.15) is 5.15 Å². The van der Waals surface area contributed by atoms with Gasteiger partial charge in [0.05, 0.1) is 11.8 Å². The first-order chi connectivity index (χ1) is 9.52. The molecule has 0 saturated heterocycles. The number of rotatable bonds is 5. The normalized spacial score (nSPS) is 12.7. The van der Waals surface area contributed by atoms with E-state index in [1.165, 1.54) is 4.90 Å². The van der Waals surface area contributed by atoms with Crippen molar-refractivity contribution in [3.05, 3.63) is 46.2 Å². The van der Waals surface area contributed by atoms with Crippen LogP contribution in [0.25, 0.3) is 0 Å². The van der Waals surface area contributed by atoms with Crippen LogP contribution in [0.1, 0.15) is 29.8 Å². The lowest BCUT2D eigenvalue weighted by Crippen LogP contribution is -2.02. The summed E-state index contributed by atoms with van der Waals surface area (Å²) in [5, 5.41) is 15.2. The standard InChI is InChI=1S/C15H19ClN2OS/c1-4-20-12-7-5-11(6-8-12)14(19)9-13-10(2)17-18(3)15(13)16/h5-8,14,19H,4,9H2,1-3H3. The van der Waals surface area contributed by atoms with Crippen molar-refractivity contribution in [3.63, 3.8) is 0 Å². The molecule has 0 radical (unpaired) electrons. The fourth-order valence-electron chi connectivity index (χ4n) is 2.17. The molecule has 1 unspecified atom stereocenters. The van der Waals surface area contributed by atoms with Gasteiger partial charge in [-0.2, -0.15) is 5.10 Å². The zero-order chi connectivity index (χ0) is 14.7. The number of aryl methyl sites for hydroxylation is 2. The van der Waals surface area contributed by atoms with E-state index in [-0.39, 0.29) is 0 Å². The molecular weight excluding hydrogens is 292 g/mol. The summed E-state index contributed by atoms with van der Waals surface area (Å²) in [5.41, 5.74) is 2.69. The second-order valence-corrected chi connectivity index (χ2v) is 6.40. The van der Waals surface area contributed by atoms with Crippen LogP contribution in [0.3, 0.4) is 0 Å². The summed E-state index contributed by atoms with van der Waals surface area (Å²) >= 11 is 7.99. The van der Waals surface area contributed by atoms with Gasteiger partial charge in [-0.1, -0.05) is 30.7 Å². The first-order valence-corrected chi connectivity index (χ1v) is 7.98. The van der Waals surface area contributed by atoms with Gasteiger partial charge in [0.2, 0.25) is 0 Å². The van der Waals surface area contributed by atoms with Gasteiger partial charge >= 0.3 is 0 Å². The molecular formula is C15H19ClN2OS. The molecule has 1 atom stereocenters. The summed E-state index contributed by atoms with van der Waals surface area (Å²) in [5.74, 6) is 1.05. The first-order valence-electron chi connectivity index (χ1n) is 6.61. The highest BCUT2D eigenvalue weighted by molar-refractivity contribution is 7.99. The zero-order valence-corrected chi connectivity index (χ0v) is 13.5. The second-order valence-electron chi connectivity index (χ2n) is 4.70. The van der Waals surface area contributed by atoms with E-state index in [9.17, 15) is 5.11 Å². The van der Waals surface area contributed by atoms with Crippen LogP contribution in [0.4, 0.5) is 0 Å². The summed E-state index contributed by atoms with van der Waals surface area (Å²) in [4.78, 5) is 1.22. The Kier molecular flexibility index (Phi) is 5.13. The van der Waals surface area contributed by atoms with E-state index in [1.54, 1.807) is 16.4 Å². The van der Waals surface area contributed by atoms with E-state index in [1.807, 2.05) is 38.2 Å². The van der Waals surface area contributed by atoms with Crippen molar-refractivity contribution in [1.29, 1.82) is 0 Å². The third-order valence-electron chi connectivity index (χ3n) is 3.24. The zero-order valence-electron chi connectivity index (χ0n) is 11.9. The molecule has 0 aliphatic carbocycles. The number of hydrogen-bond acceptors (Lipinski definition) is 3. The molecule has 108 valence electrons. The van der Waals surface area contributed by atoms with Gasteiger partial charge in [-0.3, -0.25) is 4.68 Å². The van der Waals surface area contributed by atoms with Crippen molar-refractivity contribution in [2.45, 2.75) is 31.3 Å². The lowest BCUT2D eigenvalue weighted by atomic mass is 10.0. The minimum atomic E-state index is -0.559. The van der Waals surface area contributed by atoms with E-state index in [0.717, 1.165) is 22.6 Å². The number of aliphatic hydroxyl groups is 1. The largest absolute Gasteiger partial charge is 0.388 e. The highest BCUT2D eigenvalue weighted by Crippen LogP contribution is 2.27. The van der Waals surface area contributed by atoms with E-state index in [4.69, 9.17) is 11.6 Å². The average Bonchev–Trinajstić information content (AvgIpc) is 2.66. The number of benzene rings is 1. The second kappa shape index (κ2) is 6.66. The van der Waals surface area contributed by atoms with Crippen molar-refractivity contribution in [3.8, 4) is 0 Å². The van der Waals surface area contributed by atoms with E-state index >= 15 is 0 Å². The molecule has 0 aliphatic heterocycles. The Hall–Kier alpha value is -0.970. The molecule has 1 aromatic heterocycles. The fraction of sp³-hybridized carbons (Fsp3) is 0.400. The minimum Gasteiger partial charge on any atom is -0.388 e. The van der Waals surface area contributed by atoms with E-state index < -0.39 is 6.10 Å². The highest BCUT2D eigenvalue weighted by Gasteiger charge is 2.16. The van der Waals surface area contributed by atoms with Gasteiger partial charge in [0.25, 0.3) is 0 Å². The van der Waals surface area contributed by atoms with Gasteiger partial charge < -0.3 is 5.11 Å². The molecule has 2 aromatic rings. The van der Waals surface area contributed by atoms with Crippen molar-refractivity contribution in [1.82, 2.24) is 9.78 Å². The van der Waals surface area contributed by atoms with Gasteiger partial charge in [-0.05, 0) is 30.4 Å². The molecule has 0 bridgehead atoms. The van der Waals surface area contributed by atoms with Crippen LogP contribution in [0.5, 0.6) is 0 Å². The number of aliphatic hydroxyl groups excluding tert-OH is 1. The molecule has 0 aliphatic rings. The third kappa shape index (κ3) is 3.37. The van der Waals surface area contributed by atoms with E-state index in [2.05, 4.69) is 12.0 Å². The van der Waals surface area contributed by atoms with Crippen LogP contribution < -0.4 is 0 Å². The van der Waals surface area contributed by atoms with Crippen LogP contribution >= 0.6 is 23.4 Å². The lowest BCUT2D eigenvalue weighted by Gasteiger charge is -2.11. The maximum atomic E-state index is 10.4. The minimum absolute atomic E-state index is 0.485. The van der Waals surface area contributed by atoms with Crippen LogP contribution in [-0.4, -0.2) is 20.6 Å². The van der Waals surface area contributed by atoms with Gasteiger partial charge in [0.15, 0.2) is 0 Å². The molecule has 20 heavy (non-hydrogen) atoms. The molecule has 0 spiro atoms. The van der Waals surface area contributed by atoms with Crippen LogP contribution in [0.15, 0.2) is 29.2 Å². The molecule has 3 nitrogen and oxygen atoms in total. The molecule has 2 rings (SSSR count). The smallest absolute Gasteiger partial charge is 0.130 e. The van der Waals surface area contributed by atoms with Crippen molar-refractivity contribution >= 4 is 23.4 Å². The first kappa shape index (κ1) is 15.4. The van der Waals surface area contributed by atoms with Crippen molar-refractivity contribution in [2.24, 2.45) is 7.05 Å². The predicted octanol–water partition coefficient (Wildman–Crippen LogP) is 3.77. The summed E-state index contributed by atoms with van der Waals surface area (Å²) < 4.78 is 1.64. The molecule has 1 N–H and O–H groups in total. The molecule has 1 heterocycles. The summed E-state index contributed by atoms with van der Waals surface area (Å²) in [6.45, 7) is 4.04. The molecule has 5 heteroatoms. The Morgan fingerprint density at radius 3 is 2.50 bits per heavy atom. The number of aromatic nitrogens is 2. The fourth-order valence-corrected chi connectivity index (χ4v) is 3.08. The third-order valence-corrected chi connectivity index (χ3v) is 4.61. The highest BCUT2D eigenvalue weighted by atomic mass is 35.5. The maximum Gasteiger partial charge on any atom is 0.130 e. The lowest BCUT2D eigenvalue weighted by molar-refractivity contribution is 0.178. The molecule has 0 saturated carbocycles. The SMILES string of the molecule is CCSc1ccc(C(O)Cc2c(C)nn(C)c2Cl)cc1. The molecule has 1 aromatic carbocycles. The Labute approximate surface area is 129 Å². The number of hydrogen-bond donors (Lipinski definition) is 1. The van der Waals surface area contributed by atoms with Crippen molar-refractivity contribution < 1.29 is 5.11 Å². The Morgan fingerprint density at radius 2 is 2.00 bits per heavy atom. The monoisotopic (exact) mass is 310 g/mol. The topological polar surface area (TPSA) is 38.1 Å². The summed E-state index contributed by atoms with van der Waals surface area (Å²) in [7, 11) is 1.81. The average molecular weight is 311 g/mol. The quantitative estimate of drug-likeness (QED) is 0.854. The number of nitrogens with zero attached hydrogens (tertiary/aromatic N) is 2. The molecule has 0 fully saturated rings. The van der Waals surface area contributed by atoms with Gasteiger partial charge in [-0.15, -0.1) is 11.8 Å².